The molecule has 11 nitrogen and oxygen atoms in total. The Morgan fingerprint density at radius 2 is 0.776 bits per heavy atom. The molecule has 11 heteroatoms. The lowest BCUT2D eigenvalue weighted by atomic mass is 10.0. The summed E-state index contributed by atoms with van der Waals surface area (Å²) in [6, 6.07) is 71.3. The number of carbonyl (C=O) groups is 3. The molecule has 0 saturated carbocycles. The van der Waals surface area contributed by atoms with Crippen LogP contribution >= 0.6 is 0 Å². The predicted molar refractivity (Wildman–Crippen MR) is 306 cm³/mol. The fraction of sp³-hybridized carbons (Fsp3) is 0.123. The maximum Gasteiger partial charge on any atom is 0.337 e. The minimum Gasteiger partial charge on any atom is -0.478 e. The van der Waals surface area contributed by atoms with Crippen molar-refractivity contribution in [1.29, 1.82) is 0 Å². The molecular formula is C65H61N7O4. The SMILES string of the molecule is Cc1ccc(CCc2ccccc2)cc1N.Cc1ccc(CCc2ccccc2)cc1NC(=O)c1cc(-c2ccccc2)n[nH]1.O=C(Nc1cc(CCc2ccccc2)ccc1C(=O)O)c1cc(-c2ccccc2)n[nH]1. The molecule has 0 aliphatic heterocycles. The van der Waals surface area contributed by atoms with Crippen molar-refractivity contribution in [3.63, 3.8) is 0 Å². The summed E-state index contributed by atoms with van der Waals surface area (Å²) in [5.74, 6) is -1.74. The number of nitrogens with zero attached hydrogens (tertiary/aromatic N) is 2. The second kappa shape index (κ2) is 26.4. The average Bonchev–Trinajstić information content (AvgIpc) is 4.17. The molecule has 10 rings (SSSR count). The number of aryl methyl sites for hydroxylation is 8. The van der Waals surface area contributed by atoms with Gasteiger partial charge in [0.05, 0.1) is 22.6 Å². The third kappa shape index (κ3) is 15.2. The normalized spacial score (nSPS) is 10.6. The number of anilines is 3. The summed E-state index contributed by atoms with van der Waals surface area (Å²) >= 11 is 0. The first-order valence-electron chi connectivity index (χ1n) is 25.3. The van der Waals surface area contributed by atoms with Gasteiger partial charge in [-0.25, -0.2) is 4.79 Å². The van der Waals surface area contributed by atoms with Gasteiger partial charge in [-0.1, -0.05) is 182 Å². The van der Waals surface area contributed by atoms with Crippen LogP contribution in [0.3, 0.4) is 0 Å². The summed E-state index contributed by atoms with van der Waals surface area (Å²) in [7, 11) is 0. The number of hydrogen-bond donors (Lipinski definition) is 6. The molecule has 2 heterocycles. The zero-order valence-corrected chi connectivity index (χ0v) is 42.7. The highest BCUT2D eigenvalue weighted by atomic mass is 16.4. The molecule has 0 spiro atoms. The Morgan fingerprint density at radius 3 is 1.20 bits per heavy atom. The van der Waals surface area contributed by atoms with Gasteiger partial charge in [-0.3, -0.25) is 19.8 Å². The number of carboxylic acid groups (broad SMARTS) is 1. The fourth-order valence-electron chi connectivity index (χ4n) is 8.41. The van der Waals surface area contributed by atoms with Crippen LogP contribution in [0, 0.1) is 13.8 Å². The van der Waals surface area contributed by atoms with Crippen LogP contribution in [0.25, 0.3) is 22.5 Å². The zero-order valence-electron chi connectivity index (χ0n) is 42.7. The second-order valence-corrected chi connectivity index (χ2v) is 18.5. The zero-order chi connectivity index (χ0) is 53.1. The maximum atomic E-state index is 12.7. The molecule has 0 saturated heterocycles. The molecule has 380 valence electrons. The summed E-state index contributed by atoms with van der Waals surface area (Å²) in [4.78, 5) is 37.1. The van der Waals surface area contributed by atoms with Gasteiger partial charge in [-0.15, -0.1) is 0 Å². The van der Waals surface area contributed by atoms with Crippen LogP contribution in [0.4, 0.5) is 17.1 Å². The van der Waals surface area contributed by atoms with Gasteiger partial charge >= 0.3 is 5.97 Å². The molecule has 0 radical (unpaired) electrons. The Hall–Kier alpha value is -9.61. The number of carbonyl (C=O) groups excluding carboxylic acids is 2. The van der Waals surface area contributed by atoms with Gasteiger partial charge < -0.3 is 21.5 Å². The van der Waals surface area contributed by atoms with E-state index in [4.69, 9.17) is 5.73 Å². The van der Waals surface area contributed by atoms with Crippen LogP contribution in [0.1, 0.15) is 75.8 Å². The first kappa shape index (κ1) is 52.7. The third-order valence-electron chi connectivity index (χ3n) is 12.9. The molecule has 7 N–H and O–H groups in total. The molecule has 0 bridgehead atoms. The van der Waals surface area contributed by atoms with E-state index in [2.05, 4.69) is 128 Å². The van der Waals surface area contributed by atoms with Crippen molar-refractivity contribution in [2.24, 2.45) is 0 Å². The van der Waals surface area contributed by atoms with Crippen molar-refractivity contribution in [1.82, 2.24) is 20.4 Å². The number of aromatic amines is 2. The van der Waals surface area contributed by atoms with Crippen LogP contribution in [0.2, 0.25) is 0 Å². The van der Waals surface area contributed by atoms with Gasteiger partial charge in [0, 0.05) is 22.5 Å². The largest absolute Gasteiger partial charge is 0.478 e. The molecular weight excluding hydrogens is 943 g/mol. The number of aromatic nitrogens is 4. The summed E-state index contributed by atoms with van der Waals surface area (Å²) in [5, 5.41) is 29.3. The van der Waals surface area contributed by atoms with Crippen molar-refractivity contribution < 1.29 is 19.5 Å². The molecule has 0 unspecified atom stereocenters. The number of benzene rings is 8. The van der Waals surface area contributed by atoms with Gasteiger partial charge in [-0.05, 0) is 133 Å². The standard InChI is InChI=1S/C25H21N3O3.C25H23N3O.C15H17N/c29-24(23-16-21(27-28-23)19-9-5-2-6-10-19)26-22-15-18(13-14-20(22)25(30)31)12-11-17-7-3-1-4-8-17;1-18-12-13-20(15-14-19-8-4-2-5-9-19)16-22(18)26-25(29)24-17-23(27-28-24)21-10-6-3-7-11-21;1-12-7-8-14(11-15(12)16)10-9-13-5-3-2-4-6-13/h1-10,13-16H,11-12H2,(H,26,29)(H,27,28)(H,30,31);2-13,16-17H,14-15H2,1H3,(H,26,29)(H,27,28);2-8,11H,9-10,16H2,1H3. The van der Waals surface area contributed by atoms with Crippen LogP contribution in [-0.4, -0.2) is 43.3 Å². The molecule has 76 heavy (non-hydrogen) atoms. The summed E-state index contributed by atoms with van der Waals surface area (Å²) in [6.45, 7) is 4.04. The van der Waals surface area contributed by atoms with Crippen molar-refractivity contribution in [2.45, 2.75) is 52.4 Å². The maximum absolute atomic E-state index is 12.7. The number of rotatable bonds is 16. The summed E-state index contributed by atoms with van der Waals surface area (Å²) < 4.78 is 0. The van der Waals surface area contributed by atoms with Crippen LogP contribution in [0.15, 0.2) is 218 Å². The lowest BCUT2D eigenvalue weighted by Crippen LogP contribution is -2.15. The van der Waals surface area contributed by atoms with Crippen molar-refractivity contribution in [3.8, 4) is 22.5 Å². The van der Waals surface area contributed by atoms with E-state index in [-0.39, 0.29) is 22.9 Å². The number of aromatic carboxylic acids is 1. The molecule has 10 aromatic rings. The van der Waals surface area contributed by atoms with Gasteiger partial charge in [-0.2, -0.15) is 10.2 Å². The number of nitrogen functional groups attached to an aromatic ring is 1. The van der Waals surface area contributed by atoms with E-state index >= 15 is 0 Å². The van der Waals surface area contributed by atoms with Crippen molar-refractivity contribution in [2.75, 3.05) is 16.4 Å². The lowest BCUT2D eigenvalue weighted by molar-refractivity contribution is 0.0697. The van der Waals surface area contributed by atoms with Gasteiger partial charge in [0.25, 0.3) is 11.8 Å². The highest BCUT2D eigenvalue weighted by molar-refractivity contribution is 6.07. The van der Waals surface area contributed by atoms with Crippen LogP contribution < -0.4 is 16.4 Å². The Labute approximate surface area is 443 Å². The molecule has 0 fully saturated rings. The van der Waals surface area contributed by atoms with Gasteiger partial charge in [0.2, 0.25) is 0 Å². The van der Waals surface area contributed by atoms with E-state index in [1.165, 1.54) is 33.9 Å². The van der Waals surface area contributed by atoms with E-state index in [9.17, 15) is 19.5 Å². The number of amides is 2. The summed E-state index contributed by atoms with van der Waals surface area (Å²) in [6.07, 6.45) is 5.57. The monoisotopic (exact) mass is 1000 g/mol. The molecule has 0 atom stereocenters. The second-order valence-electron chi connectivity index (χ2n) is 18.5. The highest BCUT2D eigenvalue weighted by Gasteiger charge is 2.17. The topological polar surface area (TPSA) is 179 Å². The number of H-pyrrole nitrogens is 2. The molecule has 0 aliphatic rings. The molecule has 2 aromatic heterocycles. The first-order valence-corrected chi connectivity index (χ1v) is 25.3. The Kier molecular flexibility index (Phi) is 18.3. The van der Waals surface area contributed by atoms with E-state index in [1.807, 2.05) is 105 Å². The highest BCUT2D eigenvalue weighted by Crippen LogP contribution is 2.24. The molecule has 0 aliphatic carbocycles. The molecule has 2 amide bonds. The smallest absolute Gasteiger partial charge is 0.337 e. The number of hydrogen-bond acceptors (Lipinski definition) is 6. The van der Waals surface area contributed by atoms with Crippen LogP contribution in [-0.2, 0) is 38.5 Å². The number of nitrogens with two attached hydrogens (primary N) is 1. The van der Waals surface area contributed by atoms with Crippen LogP contribution in [0.5, 0.6) is 0 Å². The van der Waals surface area contributed by atoms with E-state index in [0.717, 1.165) is 83.4 Å². The van der Waals surface area contributed by atoms with Crippen molar-refractivity contribution in [3.05, 3.63) is 280 Å². The van der Waals surface area contributed by atoms with Crippen molar-refractivity contribution >= 4 is 34.8 Å². The van der Waals surface area contributed by atoms with E-state index in [0.29, 0.717) is 11.4 Å². The molecule has 8 aromatic carbocycles. The fourth-order valence-corrected chi connectivity index (χ4v) is 8.41. The third-order valence-corrected chi connectivity index (χ3v) is 12.9. The minimum absolute atomic E-state index is 0.0413. The number of carboxylic acids is 1. The van der Waals surface area contributed by atoms with Gasteiger partial charge in [0.1, 0.15) is 11.4 Å². The quantitative estimate of drug-likeness (QED) is 0.0521. The predicted octanol–water partition coefficient (Wildman–Crippen LogP) is 13.6. The lowest BCUT2D eigenvalue weighted by Gasteiger charge is -2.10. The Bertz CT molecular complexity index is 3470. The average molecular weight is 1000 g/mol. The van der Waals surface area contributed by atoms with Gasteiger partial charge in [0.15, 0.2) is 0 Å². The van der Waals surface area contributed by atoms with E-state index < -0.39 is 11.9 Å². The van der Waals surface area contributed by atoms with E-state index in [1.54, 1.807) is 24.3 Å². The Morgan fingerprint density at radius 1 is 0.421 bits per heavy atom. The minimum atomic E-state index is -1.10. The summed E-state index contributed by atoms with van der Waals surface area (Å²) in [5.41, 5.74) is 21.4. The first-order chi connectivity index (χ1) is 37.0. The Balaban J connectivity index is 0.000000159. The number of nitrogens with one attached hydrogen (secondary N) is 4.